The highest BCUT2D eigenvalue weighted by Crippen LogP contribution is 2.42. The lowest BCUT2D eigenvalue weighted by molar-refractivity contribution is -0.286. The Bertz CT molecular complexity index is 448. The number of hydrogen-bond acceptors (Lipinski definition) is 4. The molecule has 2 N–H and O–H groups in total. The molecule has 98 valence electrons. The first-order valence-corrected chi connectivity index (χ1v) is 5.99. The molecule has 1 aromatic rings. The van der Waals surface area contributed by atoms with Crippen molar-refractivity contribution in [2.75, 3.05) is 18.4 Å². The van der Waals surface area contributed by atoms with Gasteiger partial charge in [-0.15, -0.1) is 8.78 Å². The summed E-state index contributed by atoms with van der Waals surface area (Å²) in [6.45, 7) is 1.91. The second-order valence-corrected chi connectivity index (χ2v) is 4.52. The van der Waals surface area contributed by atoms with E-state index in [4.69, 9.17) is 0 Å². The van der Waals surface area contributed by atoms with Gasteiger partial charge in [0.1, 0.15) is 0 Å². The van der Waals surface area contributed by atoms with E-state index >= 15 is 0 Å². The van der Waals surface area contributed by atoms with E-state index in [0.29, 0.717) is 6.04 Å². The second-order valence-electron chi connectivity index (χ2n) is 4.52. The summed E-state index contributed by atoms with van der Waals surface area (Å²) in [6, 6.07) is 5.08. The molecule has 1 saturated heterocycles. The molecule has 0 saturated carbocycles. The van der Waals surface area contributed by atoms with Gasteiger partial charge in [-0.05, 0) is 31.5 Å². The van der Waals surface area contributed by atoms with Gasteiger partial charge in [0.05, 0.1) is 0 Å². The van der Waals surface area contributed by atoms with Crippen LogP contribution < -0.4 is 20.1 Å². The number of fused-ring (bicyclic) bond motifs is 1. The molecule has 0 spiro atoms. The molecule has 3 rings (SSSR count). The molecule has 2 heterocycles. The number of piperidine rings is 1. The lowest BCUT2D eigenvalue weighted by Crippen LogP contribution is -2.38. The van der Waals surface area contributed by atoms with Gasteiger partial charge in [0.2, 0.25) is 0 Å². The van der Waals surface area contributed by atoms with Crippen LogP contribution in [0.1, 0.15) is 12.8 Å². The fraction of sp³-hybridized carbons (Fsp3) is 0.500. The zero-order chi connectivity index (χ0) is 12.6. The summed E-state index contributed by atoms with van der Waals surface area (Å²) >= 11 is 0. The van der Waals surface area contributed by atoms with Crippen molar-refractivity contribution in [3.05, 3.63) is 18.2 Å². The quantitative estimate of drug-likeness (QED) is 0.851. The van der Waals surface area contributed by atoms with Crippen molar-refractivity contribution in [3.63, 3.8) is 0 Å². The van der Waals surface area contributed by atoms with Crippen LogP contribution in [-0.4, -0.2) is 25.4 Å². The van der Waals surface area contributed by atoms with Crippen molar-refractivity contribution >= 4 is 5.69 Å². The molecule has 0 bridgehead atoms. The van der Waals surface area contributed by atoms with Crippen LogP contribution in [0.15, 0.2) is 18.2 Å². The number of hydrogen-bond donors (Lipinski definition) is 2. The van der Waals surface area contributed by atoms with Crippen LogP contribution in [0, 0.1) is 0 Å². The van der Waals surface area contributed by atoms with E-state index in [1.165, 1.54) is 6.07 Å². The standard InChI is InChI=1S/C12H14F2N2O2/c13-12(14)17-10-4-3-8(6-11(10)18-12)16-9-2-1-5-15-7-9/h3-4,6,9,15-16H,1-2,5,7H2. The van der Waals surface area contributed by atoms with Gasteiger partial charge < -0.3 is 20.1 Å². The topological polar surface area (TPSA) is 42.5 Å². The molecule has 2 aliphatic rings. The first-order chi connectivity index (χ1) is 8.62. The Morgan fingerprint density at radius 3 is 2.89 bits per heavy atom. The molecule has 4 nitrogen and oxygen atoms in total. The Morgan fingerprint density at radius 2 is 2.11 bits per heavy atom. The van der Waals surface area contributed by atoms with Gasteiger partial charge in [-0.3, -0.25) is 0 Å². The first-order valence-electron chi connectivity index (χ1n) is 5.99. The molecule has 1 unspecified atom stereocenters. The average Bonchev–Trinajstić information content (AvgIpc) is 2.63. The van der Waals surface area contributed by atoms with E-state index in [1.54, 1.807) is 12.1 Å². The summed E-state index contributed by atoms with van der Waals surface area (Å²) < 4.78 is 34.5. The highest BCUT2D eigenvalue weighted by molar-refractivity contribution is 5.56. The van der Waals surface area contributed by atoms with Crippen LogP contribution in [0.5, 0.6) is 11.5 Å². The van der Waals surface area contributed by atoms with Gasteiger partial charge >= 0.3 is 6.29 Å². The van der Waals surface area contributed by atoms with E-state index in [9.17, 15) is 8.78 Å². The number of nitrogens with one attached hydrogen (secondary N) is 2. The minimum Gasteiger partial charge on any atom is -0.395 e. The van der Waals surface area contributed by atoms with Gasteiger partial charge in [0.25, 0.3) is 0 Å². The number of benzene rings is 1. The average molecular weight is 256 g/mol. The van der Waals surface area contributed by atoms with E-state index in [2.05, 4.69) is 20.1 Å². The maximum Gasteiger partial charge on any atom is 0.586 e. The normalized spacial score (nSPS) is 24.9. The SMILES string of the molecule is FC1(F)Oc2ccc(NC3CCCNC3)cc2O1. The van der Waals surface area contributed by atoms with Crippen molar-refractivity contribution in [3.8, 4) is 11.5 Å². The summed E-state index contributed by atoms with van der Waals surface area (Å²) in [5, 5.41) is 6.58. The van der Waals surface area contributed by atoms with Crippen LogP contribution in [-0.2, 0) is 0 Å². The predicted octanol–water partition coefficient (Wildman–Crippen LogP) is 2.17. The number of alkyl halides is 2. The molecule has 18 heavy (non-hydrogen) atoms. The zero-order valence-corrected chi connectivity index (χ0v) is 9.71. The van der Waals surface area contributed by atoms with Gasteiger partial charge in [-0.25, -0.2) is 0 Å². The van der Waals surface area contributed by atoms with Crippen molar-refractivity contribution < 1.29 is 18.3 Å². The maximum atomic E-state index is 12.9. The Hall–Kier alpha value is -1.56. The molecule has 0 amide bonds. The lowest BCUT2D eigenvalue weighted by Gasteiger charge is -2.24. The molecule has 1 aromatic carbocycles. The fourth-order valence-electron chi connectivity index (χ4n) is 2.25. The maximum absolute atomic E-state index is 12.9. The van der Waals surface area contributed by atoms with Crippen molar-refractivity contribution in [2.45, 2.75) is 25.2 Å². The minimum absolute atomic E-state index is 0.0762. The number of halogens is 2. The predicted molar refractivity (Wildman–Crippen MR) is 62.2 cm³/mol. The third-order valence-corrected chi connectivity index (χ3v) is 3.07. The van der Waals surface area contributed by atoms with E-state index in [1.807, 2.05) is 0 Å². The van der Waals surface area contributed by atoms with Gasteiger partial charge in [0.15, 0.2) is 11.5 Å². The molecule has 0 radical (unpaired) electrons. The van der Waals surface area contributed by atoms with Crippen LogP contribution in [0.4, 0.5) is 14.5 Å². The second kappa shape index (κ2) is 4.28. The van der Waals surface area contributed by atoms with Crippen molar-refractivity contribution in [1.82, 2.24) is 5.32 Å². The Labute approximate surface area is 103 Å². The molecule has 0 aromatic heterocycles. The number of ether oxygens (including phenoxy) is 2. The Kier molecular flexibility index (Phi) is 2.74. The van der Waals surface area contributed by atoms with Crippen LogP contribution in [0.25, 0.3) is 0 Å². The van der Waals surface area contributed by atoms with E-state index < -0.39 is 6.29 Å². The Morgan fingerprint density at radius 1 is 1.28 bits per heavy atom. The Balaban J connectivity index is 1.71. The molecule has 1 fully saturated rings. The van der Waals surface area contributed by atoms with E-state index in [0.717, 1.165) is 31.6 Å². The van der Waals surface area contributed by atoms with Crippen molar-refractivity contribution in [2.24, 2.45) is 0 Å². The molecule has 2 aliphatic heterocycles. The fourth-order valence-corrected chi connectivity index (χ4v) is 2.25. The first kappa shape index (κ1) is 11.5. The molecule has 6 heteroatoms. The van der Waals surface area contributed by atoms with Crippen LogP contribution in [0.2, 0.25) is 0 Å². The molecule has 0 aliphatic carbocycles. The van der Waals surface area contributed by atoms with Gasteiger partial charge in [-0.2, -0.15) is 0 Å². The summed E-state index contributed by atoms with van der Waals surface area (Å²) in [5.41, 5.74) is 0.767. The van der Waals surface area contributed by atoms with Crippen LogP contribution >= 0.6 is 0 Å². The van der Waals surface area contributed by atoms with Gasteiger partial charge in [0, 0.05) is 24.3 Å². The lowest BCUT2D eigenvalue weighted by atomic mass is 10.1. The third kappa shape index (κ3) is 2.33. The third-order valence-electron chi connectivity index (χ3n) is 3.07. The summed E-state index contributed by atoms with van der Waals surface area (Å²) in [5.74, 6) is 0.154. The number of rotatable bonds is 2. The van der Waals surface area contributed by atoms with Gasteiger partial charge in [-0.1, -0.05) is 0 Å². The minimum atomic E-state index is -3.55. The highest BCUT2D eigenvalue weighted by atomic mass is 19.3. The zero-order valence-electron chi connectivity index (χ0n) is 9.71. The van der Waals surface area contributed by atoms with Crippen molar-refractivity contribution in [1.29, 1.82) is 0 Å². The molecular formula is C12H14F2N2O2. The largest absolute Gasteiger partial charge is 0.586 e. The monoisotopic (exact) mass is 256 g/mol. The highest BCUT2D eigenvalue weighted by Gasteiger charge is 2.43. The smallest absolute Gasteiger partial charge is 0.395 e. The summed E-state index contributed by atoms with van der Waals surface area (Å²) in [6.07, 6.45) is -1.37. The molecular weight excluding hydrogens is 242 g/mol. The van der Waals surface area contributed by atoms with Crippen LogP contribution in [0.3, 0.4) is 0 Å². The summed E-state index contributed by atoms with van der Waals surface area (Å²) in [7, 11) is 0. The summed E-state index contributed by atoms with van der Waals surface area (Å²) in [4.78, 5) is 0. The van der Waals surface area contributed by atoms with E-state index in [-0.39, 0.29) is 11.5 Å². The molecule has 1 atom stereocenters. The number of anilines is 1.